The smallest absolute Gasteiger partial charge is 0.0702 e. The second-order valence-electron chi connectivity index (χ2n) is 6.04. The first-order valence-corrected chi connectivity index (χ1v) is 8.06. The van der Waals surface area contributed by atoms with E-state index in [1.54, 1.807) is 5.57 Å². The molecule has 2 aromatic rings. The van der Waals surface area contributed by atoms with Gasteiger partial charge in [0.25, 0.3) is 0 Å². The van der Waals surface area contributed by atoms with Crippen molar-refractivity contribution in [2.45, 2.75) is 32.1 Å². The van der Waals surface area contributed by atoms with Crippen LogP contribution < -0.4 is 5.32 Å². The molecule has 1 aromatic carbocycles. The van der Waals surface area contributed by atoms with Gasteiger partial charge >= 0.3 is 0 Å². The Kier molecular flexibility index (Phi) is 4.66. The molecule has 0 saturated heterocycles. The summed E-state index contributed by atoms with van der Waals surface area (Å²) < 4.78 is 0. The Bertz CT molecular complexity index is 624. The highest BCUT2D eigenvalue weighted by atomic mass is 14.8. The van der Waals surface area contributed by atoms with Crippen LogP contribution in [0.1, 0.15) is 37.7 Å². The van der Waals surface area contributed by atoms with Crippen LogP contribution in [0.15, 0.2) is 42.1 Å². The zero-order chi connectivity index (χ0) is 14.5. The molecule has 1 aliphatic carbocycles. The van der Waals surface area contributed by atoms with E-state index in [2.05, 4.69) is 40.6 Å². The number of aromatic nitrogens is 1. The summed E-state index contributed by atoms with van der Waals surface area (Å²) in [6.45, 7) is 0.996. The molecule has 0 atom stereocenters. The highest BCUT2D eigenvalue weighted by molar-refractivity contribution is 5.81. The lowest BCUT2D eigenvalue weighted by Crippen LogP contribution is -2.19. The van der Waals surface area contributed by atoms with Gasteiger partial charge < -0.3 is 5.32 Å². The number of benzene rings is 1. The van der Waals surface area contributed by atoms with Gasteiger partial charge in [0.1, 0.15) is 0 Å². The maximum absolute atomic E-state index is 4.39. The number of rotatable bonds is 4. The summed E-state index contributed by atoms with van der Waals surface area (Å²) in [6.07, 6.45) is 11.1. The predicted molar refractivity (Wildman–Crippen MR) is 90.2 cm³/mol. The van der Waals surface area contributed by atoms with Crippen LogP contribution >= 0.6 is 0 Å². The Morgan fingerprint density at radius 1 is 1.24 bits per heavy atom. The van der Waals surface area contributed by atoms with Gasteiger partial charge in [-0.25, -0.2) is 0 Å². The molecule has 0 aliphatic heterocycles. The lowest BCUT2D eigenvalue weighted by Gasteiger charge is -2.24. The molecule has 1 aromatic heterocycles. The minimum absolute atomic E-state index is 0.760. The van der Waals surface area contributed by atoms with Crippen molar-refractivity contribution in [3.63, 3.8) is 0 Å². The molecule has 1 fully saturated rings. The van der Waals surface area contributed by atoms with Crippen molar-refractivity contribution >= 4 is 17.0 Å². The van der Waals surface area contributed by atoms with Crippen LogP contribution in [0.25, 0.3) is 17.0 Å². The summed E-state index contributed by atoms with van der Waals surface area (Å²) in [5.74, 6) is 0.760. The Morgan fingerprint density at radius 2 is 2.10 bits per heavy atom. The number of nitrogens with zero attached hydrogens (tertiary/aromatic N) is 1. The van der Waals surface area contributed by atoms with Crippen molar-refractivity contribution in [1.29, 1.82) is 0 Å². The van der Waals surface area contributed by atoms with Crippen molar-refractivity contribution in [3.05, 3.63) is 47.7 Å². The maximum Gasteiger partial charge on any atom is 0.0702 e. The van der Waals surface area contributed by atoms with Gasteiger partial charge in [-0.15, -0.1) is 0 Å². The van der Waals surface area contributed by atoms with E-state index in [0.29, 0.717) is 0 Å². The Balaban J connectivity index is 1.90. The zero-order valence-electron chi connectivity index (χ0n) is 12.8. The van der Waals surface area contributed by atoms with Crippen LogP contribution in [0, 0.1) is 5.92 Å². The summed E-state index contributed by atoms with van der Waals surface area (Å²) in [7, 11) is 2.04. The van der Waals surface area contributed by atoms with Crippen molar-refractivity contribution in [2.24, 2.45) is 5.92 Å². The van der Waals surface area contributed by atoms with Gasteiger partial charge in [0, 0.05) is 18.1 Å². The first-order valence-electron chi connectivity index (χ1n) is 8.06. The van der Waals surface area contributed by atoms with Crippen molar-refractivity contribution in [3.8, 4) is 0 Å². The Hall–Kier alpha value is -1.67. The summed E-state index contributed by atoms with van der Waals surface area (Å²) in [4.78, 5) is 4.39. The van der Waals surface area contributed by atoms with Crippen molar-refractivity contribution in [2.75, 3.05) is 13.6 Å². The molecule has 0 radical (unpaired) electrons. The topological polar surface area (TPSA) is 24.9 Å². The highest BCUT2D eigenvalue weighted by Gasteiger charge is 2.17. The molecule has 2 nitrogen and oxygen atoms in total. The van der Waals surface area contributed by atoms with Gasteiger partial charge in [-0.1, -0.05) is 43.0 Å². The van der Waals surface area contributed by atoms with Gasteiger partial charge in [-0.3, -0.25) is 4.98 Å². The average Bonchev–Trinajstić information content (AvgIpc) is 2.55. The minimum atomic E-state index is 0.760. The van der Waals surface area contributed by atoms with Crippen LogP contribution in [-0.2, 0) is 0 Å². The highest BCUT2D eigenvalue weighted by Crippen LogP contribution is 2.30. The maximum atomic E-state index is 4.39. The summed E-state index contributed by atoms with van der Waals surface area (Å²) >= 11 is 0. The largest absolute Gasteiger partial charge is 0.316 e. The van der Waals surface area contributed by atoms with E-state index in [1.165, 1.54) is 43.1 Å². The SMILES string of the molecule is CNC/C(=C/c1ccc2ncccc2c1)C1CCCCC1. The second kappa shape index (κ2) is 6.86. The first kappa shape index (κ1) is 14.3. The number of hydrogen-bond acceptors (Lipinski definition) is 2. The van der Waals surface area contributed by atoms with E-state index in [-0.39, 0.29) is 0 Å². The third kappa shape index (κ3) is 3.51. The molecular formula is C19H24N2. The molecule has 0 bridgehead atoms. The molecule has 0 unspecified atom stereocenters. The number of nitrogens with one attached hydrogen (secondary N) is 1. The number of fused-ring (bicyclic) bond motifs is 1. The van der Waals surface area contributed by atoms with Crippen LogP contribution in [-0.4, -0.2) is 18.6 Å². The van der Waals surface area contributed by atoms with Gasteiger partial charge in [0.05, 0.1) is 5.52 Å². The van der Waals surface area contributed by atoms with E-state index in [4.69, 9.17) is 0 Å². The third-order valence-corrected chi connectivity index (χ3v) is 4.49. The number of pyridine rings is 1. The normalized spacial score (nSPS) is 17.3. The van der Waals surface area contributed by atoms with E-state index < -0.39 is 0 Å². The molecule has 0 amide bonds. The van der Waals surface area contributed by atoms with Gasteiger partial charge in [-0.05, 0) is 49.6 Å². The van der Waals surface area contributed by atoms with Gasteiger partial charge in [0.2, 0.25) is 0 Å². The van der Waals surface area contributed by atoms with Crippen LogP contribution in [0.4, 0.5) is 0 Å². The van der Waals surface area contributed by atoms with Crippen molar-refractivity contribution in [1.82, 2.24) is 10.3 Å². The second-order valence-corrected chi connectivity index (χ2v) is 6.04. The fourth-order valence-corrected chi connectivity index (χ4v) is 3.39. The quantitative estimate of drug-likeness (QED) is 0.897. The molecule has 110 valence electrons. The van der Waals surface area contributed by atoms with E-state index in [9.17, 15) is 0 Å². The van der Waals surface area contributed by atoms with E-state index >= 15 is 0 Å². The first-order chi connectivity index (χ1) is 10.4. The molecule has 1 N–H and O–H groups in total. The minimum Gasteiger partial charge on any atom is -0.316 e. The Morgan fingerprint density at radius 3 is 2.90 bits per heavy atom. The van der Waals surface area contributed by atoms with Crippen LogP contribution in [0.2, 0.25) is 0 Å². The van der Waals surface area contributed by atoms with Gasteiger partial charge in [-0.2, -0.15) is 0 Å². The van der Waals surface area contributed by atoms with Crippen molar-refractivity contribution < 1.29 is 0 Å². The van der Waals surface area contributed by atoms with E-state index in [0.717, 1.165) is 18.0 Å². The fraction of sp³-hybridized carbons (Fsp3) is 0.421. The van der Waals surface area contributed by atoms with Crippen LogP contribution in [0.3, 0.4) is 0 Å². The third-order valence-electron chi connectivity index (χ3n) is 4.49. The van der Waals surface area contributed by atoms with Gasteiger partial charge in [0.15, 0.2) is 0 Å². The average molecular weight is 280 g/mol. The molecule has 2 heteroatoms. The molecule has 21 heavy (non-hydrogen) atoms. The lowest BCUT2D eigenvalue weighted by atomic mass is 9.83. The summed E-state index contributed by atoms with van der Waals surface area (Å²) in [5, 5.41) is 4.56. The number of hydrogen-bond donors (Lipinski definition) is 1. The monoisotopic (exact) mass is 280 g/mol. The van der Waals surface area contributed by atoms with Crippen LogP contribution in [0.5, 0.6) is 0 Å². The zero-order valence-corrected chi connectivity index (χ0v) is 12.8. The molecular weight excluding hydrogens is 256 g/mol. The number of likely N-dealkylation sites (N-methyl/N-ethyl adjacent to an activating group) is 1. The van der Waals surface area contributed by atoms with E-state index in [1.807, 2.05) is 19.3 Å². The fourth-order valence-electron chi connectivity index (χ4n) is 3.39. The standard InChI is InChI=1S/C19H24N2/c1-20-14-18(16-6-3-2-4-7-16)13-15-9-10-19-17(12-15)8-5-11-21-19/h5,8-13,16,20H,2-4,6-7,14H2,1H3/b18-13-. The Labute approximate surface area is 127 Å². The molecule has 3 rings (SSSR count). The molecule has 1 saturated carbocycles. The molecule has 1 heterocycles. The summed E-state index contributed by atoms with van der Waals surface area (Å²) in [6, 6.07) is 10.7. The lowest BCUT2D eigenvalue weighted by molar-refractivity contribution is 0.398. The summed E-state index contributed by atoms with van der Waals surface area (Å²) in [5.41, 5.74) is 3.93. The predicted octanol–water partition coefficient (Wildman–Crippen LogP) is 4.42. The molecule has 0 spiro atoms. The molecule has 1 aliphatic rings.